The smallest absolute Gasteiger partial charge is 0.252 e. The van der Waals surface area contributed by atoms with Crippen LogP contribution in [-0.4, -0.2) is 23.9 Å². The molecular weight excluding hydrogens is 295 g/mol. The van der Waals surface area contributed by atoms with Crippen LogP contribution in [0, 0.1) is 11.7 Å². The van der Waals surface area contributed by atoms with Gasteiger partial charge in [-0.15, -0.1) is 0 Å². The van der Waals surface area contributed by atoms with Gasteiger partial charge in [-0.05, 0) is 43.9 Å². The van der Waals surface area contributed by atoms with E-state index in [4.69, 9.17) is 11.6 Å². The van der Waals surface area contributed by atoms with Crippen molar-refractivity contribution in [2.24, 2.45) is 5.92 Å². The molecule has 1 saturated heterocycles. The van der Waals surface area contributed by atoms with E-state index >= 15 is 0 Å². The lowest BCUT2D eigenvalue weighted by atomic mass is 9.94. The first kappa shape index (κ1) is 14.3. The zero-order valence-corrected chi connectivity index (χ0v) is 12.4. The second kappa shape index (κ2) is 4.98. The minimum Gasteiger partial charge on any atom is -0.342 e. The van der Waals surface area contributed by atoms with Gasteiger partial charge in [-0.1, -0.05) is 11.6 Å². The van der Waals surface area contributed by atoms with Crippen LogP contribution in [0.25, 0.3) is 0 Å². The second-order valence-electron chi connectivity index (χ2n) is 5.83. The molecule has 0 aromatic heterocycles. The number of anilines is 1. The van der Waals surface area contributed by atoms with Gasteiger partial charge in [0, 0.05) is 18.0 Å². The molecule has 1 aromatic rings. The summed E-state index contributed by atoms with van der Waals surface area (Å²) in [6, 6.07) is 4.10. The molecule has 1 aromatic carbocycles. The molecule has 3 rings (SSSR count). The SMILES string of the molecule is CC1(C2CC2)NC(=O)CCN(c2cc(Cl)ccc2F)C1=O. The summed E-state index contributed by atoms with van der Waals surface area (Å²) in [6.45, 7) is 1.88. The molecule has 6 heteroatoms. The highest BCUT2D eigenvalue weighted by Crippen LogP contribution is 2.42. The van der Waals surface area contributed by atoms with E-state index in [0.29, 0.717) is 5.02 Å². The zero-order valence-electron chi connectivity index (χ0n) is 11.7. The molecule has 0 spiro atoms. The number of hydrogen-bond donors (Lipinski definition) is 1. The highest BCUT2D eigenvalue weighted by molar-refractivity contribution is 6.31. The van der Waals surface area contributed by atoms with Crippen LogP contribution < -0.4 is 10.2 Å². The lowest BCUT2D eigenvalue weighted by Gasteiger charge is -2.32. The number of halogens is 2. The first-order valence-electron chi connectivity index (χ1n) is 7.00. The number of hydrogen-bond acceptors (Lipinski definition) is 2. The monoisotopic (exact) mass is 310 g/mol. The Labute approximate surface area is 127 Å². The van der Waals surface area contributed by atoms with Gasteiger partial charge >= 0.3 is 0 Å². The van der Waals surface area contributed by atoms with Crippen molar-refractivity contribution in [3.63, 3.8) is 0 Å². The number of nitrogens with one attached hydrogen (secondary N) is 1. The van der Waals surface area contributed by atoms with E-state index in [1.165, 1.54) is 23.1 Å². The van der Waals surface area contributed by atoms with E-state index in [9.17, 15) is 14.0 Å². The average molecular weight is 311 g/mol. The predicted molar refractivity (Wildman–Crippen MR) is 77.7 cm³/mol. The van der Waals surface area contributed by atoms with Crippen LogP contribution in [0.3, 0.4) is 0 Å². The maximum Gasteiger partial charge on any atom is 0.252 e. The molecular formula is C15H16ClFN2O2. The first-order valence-corrected chi connectivity index (χ1v) is 7.37. The van der Waals surface area contributed by atoms with Crippen molar-refractivity contribution in [2.45, 2.75) is 31.7 Å². The highest BCUT2D eigenvalue weighted by atomic mass is 35.5. The van der Waals surface area contributed by atoms with Gasteiger partial charge in [-0.2, -0.15) is 0 Å². The summed E-state index contributed by atoms with van der Waals surface area (Å²) in [5.74, 6) is -0.836. The lowest BCUT2D eigenvalue weighted by Crippen LogP contribution is -2.57. The fraction of sp³-hybridized carbons (Fsp3) is 0.467. The second-order valence-corrected chi connectivity index (χ2v) is 6.26. The zero-order chi connectivity index (χ0) is 15.2. The summed E-state index contributed by atoms with van der Waals surface area (Å²) >= 11 is 5.91. The molecule has 21 heavy (non-hydrogen) atoms. The van der Waals surface area contributed by atoms with Gasteiger partial charge in [-0.3, -0.25) is 9.59 Å². The third-order valence-corrected chi connectivity index (χ3v) is 4.48. The van der Waals surface area contributed by atoms with Crippen molar-refractivity contribution in [1.82, 2.24) is 5.32 Å². The van der Waals surface area contributed by atoms with E-state index < -0.39 is 11.4 Å². The molecule has 4 nitrogen and oxygen atoms in total. The molecule has 1 saturated carbocycles. The topological polar surface area (TPSA) is 49.4 Å². The van der Waals surface area contributed by atoms with Crippen molar-refractivity contribution in [1.29, 1.82) is 0 Å². The van der Waals surface area contributed by atoms with Gasteiger partial charge in [0.1, 0.15) is 11.4 Å². The van der Waals surface area contributed by atoms with Gasteiger partial charge < -0.3 is 10.2 Å². The summed E-state index contributed by atoms with van der Waals surface area (Å²) in [5.41, 5.74) is -0.821. The molecule has 1 heterocycles. The van der Waals surface area contributed by atoms with Crippen LogP contribution in [0.1, 0.15) is 26.2 Å². The fourth-order valence-corrected chi connectivity index (χ4v) is 3.03. The quantitative estimate of drug-likeness (QED) is 0.912. The maximum absolute atomic E-state index is 14.1. The summed E-state index contributed by atoms with van der Waals surface area (Å²) in [6.07, 6.45) is 1.95. The Kier molecular flexibility index (Phi) is 3.40. The molecule has 2 fully saturated rings. The molecule has 1 unspecified atom stereocenters. The Morgan fingerprint density at radius 3 is 2.76 bits per heavy atom. The Morgan fingerprint density at radius 2 is 2.10 bits per heavy atom. The maximum atomic E-state index is 14.1. The highest BCUT2D eigenvalue weighted by Gasteiger charge is 2.51. The van der Waals surface area contributed by atoms with E-state index in [2.05, 4.69) is 5.32 Å². The molecule has 1 aliphatic carbocycles. The molecule has 2 aliphatic rings. The Balaban J connectivity index is 2.02. The van der Waals surface area contributed by atoms with Crippen LogP contribution in [0.5, 0.6) is 0 Å². The fourth-order valence-electron chi connectivity index (χ4n) is 2.86. The number of amides is 2. The Morgan fingerprint density at radius 1 is 1.38 bits per heavy atom. The van der Waals surface area contributed by atoms with Gasteiger partial charge in [-0.25, -0.2) is 4.39 Å². The third kappa shape index (κ3) is 2.50. The van der Waals surface area contributed by atoms with E-state index in [-0.39, 0.29) is 36.4 Å². The van der Waals surface area contributed by atoms with Gasteiger partial charge in [0.05, 0.1) is 5.69 Å². The predicted octanol–water partition coefficient (Wildman–Crippen LogP) is 2.50. The summed E-state index contributed by atoms with van der Waals surface area (Å²) in [5, 5.41) is 3.17. The number of rotatable bonds is 2. The van der Waals surface area contributed by atoms with E-state index in [1.807, 2.05) is 0 Å². The van der Waals surface area contributed by atoms with Crippen LogP contribution in [0.2, 0.25) is 5.02 Å². The van der Waals surface area contributed by atoms with Crippen molar-refractivity contribution in [2.75, 3.05) is 11.4 Å². The lowest BCUT2D eigenvalue weighted by molar-refractivity contribution is -0.130. The van der Waals surface area contributed by atoms with Crippen LogP contribution in [0.15, 0.2) is 18.2 Å². The number of nitrogens with zero attached hydrogens (tertiary/aromatic N) is 1. The first-order chi connectivity index (χ1) is 9.91. The Bertz CT molecular complexity index is 618. The van der Waals surface area contributed by atoms with Crippen molar-refractivity contribution in [3.8, 4) is 0 Å². The van der Waals surface area contributed by atoms with Crippen molar-refractivity contribution >= 4 is 29.1 Å². The standard InChI is InChI=1S/C15H16ClFN2O2/c1-15(9-2-3-9)14(21)19(7-6-13(20)18-15)12-8-10(16)4-5-11(12)17/h4-5,8-9H,2-3,6-7H2,1H3,(H,18,20). The number of benzene rings is 1. The van der Waals surface area contributed by atoms with Crippen LogP contribution in [-0.2, 0) is 9.59 Å². The third-order valence-electron chi connectivity index (χ3n) is 4.24. The average Bonchev–Trinajstić information content (AvgIpc) is 3.26. The summed E-state index contributed by atoms with van der Waals surface area (Å²) < 4.78 is 14.1. The molecule has 0 bridgehead atoms. The normalized spacial score (nSPS) is 26.5. The Hall–Kier alpha value is -1.62. The van der Waals surface area contributed by atoms with Crippen LogP contribution in [0.4, 0.5) is 10.1 Å². The van der Waals surface area contributed by atoms with Gasteiger partial charge in [0.15, 0.2) is 0 Å². The van der Waals surface area contributed by atoms with Gasteiger partial charge in [0.2, 0.25) is 5.91 Å². The minimum absolute atomic E-state index is 0.122. The summed E-state index contributed by atoms with van der Waals surface area (Å²) in [7, 11) is 0. The molecule has 1 atom stereocenters. The van der Waals surface area contributed by atoms with E-state index in [1.54, 1.807) is 6.92 Å². The molecule has 0 radical (unpaired) electrons. The number of carbonyl (C=O) groups is 2. The van der Waals surface area contributed by atoms with Crippen molar-refractivity contribution in [3.05, 3.63) is 29.0 Å². The molecule has 1 aliphatic heterocycles. The van der Waals surface area contributed by atoms with Gasteiger partial charge in [0.25, 0.3) is 5.91 Å². The van der Waals surface area contributed by atoms with E-state index in [0.717, 1.165) is 12.8 Å². The largest absolute Gasteiger partial charge is 0.342 e. The van der Waals surface area contributed by atoms with Crippen molar-refractivity contribution < 1.29 is 14.0 Å². The number of carbonyl (C=O) groups excluding carboxylic acids is 2. The molecule has 2 amide bonds. The molecule has 1 N–H and O–H groups in total. The van der Waals surface area contributed by atoms with Crippen LogP contribution >= 0.6 is 11.6 Å². The molecule has 112 valence electrons. The minimum atomic E-state index is -0.956. The summed E-state index contributed by atoms with van der Waals surface area (Å²) in [4.78, 5) is 26.1.